The van der Waals surface area contributed by atoms with Crippen molar-refractivity contribution in [1.29, 1.82) is 0 Å². The predicted molar refractivity (Wildman–Crippen MR) is 291 cm³/mol. The molecule has 3 aliphatic carbocycles. The van der Waals surface area contributed by atoms with Crippen molar-refractivity contribution in [3.05, 3.63) is 238 Å². The third kappa shape index (κ3) is 4.48. The summed E-state index contributed by atoms with van der Waals surface area (Å²) in [6, 6.07) is 72.3. The van der Waals surface area contributed by atoms with E-state index in [0.29, 0.717) is 0 Å². The largest absolute Gasteiger partial charge is 0.311 e. The Morgan fingerprint density at radius 1 is 0.429 bits per heavy atom. The fraction of sp³-hybridized carbons (Fsp3) is 0.106. The van der Waals surface area contributed by atoms with Gasteiger partial charge in [-0.05, 0) is 151 Å². The lowest BCUT2D eigenvalue weighted by atomic mass is 9.33. The lowest BCUT2D eigenvalue weighted by Crippen LogP contribution is -2.60. The highest BCUT2D eigenvalue weighted by molar-refractivity contribution is 7.00. The number of rotatable bonds is 2. The summed E-state index contributed by atoms with van der Waals surface area (Å²) in [7, 11) is 0. The Hall–Kier alpha value is -8.21. The van der Waals surface area contributed by atoms with E-state index in [-0.39, 0.29) is 12.1 Å². The Morgan fingerprint density at radius 2 is 1.00 bits per heavy atom. The zero-order valence-electron chi connectivity index (χ0n) is 39.8. The number of imidazole rings is 1. The van der Waals surface area contributed by atoms with E-state index in [1.165, 1.54) is 144 Å². The number of nitrogens with zero attached hydrogens (tertiary/aromatic N) is 3. The summed E-state index contributed by atoms with van der Waals surface area (Å²) in [4.78, 5) is 8.27. The molecule has 4 heteroatoms. The van der Waals surface area contributed by atoms with Crippen molar-refractivity contribution < 1.29 is 0 Å². The van der Waals surface area contributed by atoms with E-state index in [4.69, 9.17) is 4.98 Å². The zero-order valence-corrected chi connectivity index (χ0v) is 39.8. The Morgan fingerprint density at radius 3 is 1.71 bits per heavy atom. The van der Waals surface area contributed by atoms with Gasteiger partial charge >= 0.3 is 0 Å². The van der Waals surface area contributed by atoms with E-state index >= 15 is 0 Å². The van der Waals surface area contributed by atoms with Gasteiger partial charge in [0.05, 0.1) is 22.1 Å². The number of anilines is 3. The third-order valence-electron chi connectivity index (χ3n) is 17.3. The number of hydrogen-bond donors (Lipinski definition) is 0. The maximum atomic E-state index is 5.59. The highest BCUT2D eigenvalue weighted by Crippen LogP contribution is 2.65. The monoisotopic (exact) mass is 891 g/mol. The van der Waals surface area contributed by atoms with Gasteiger partial charge in [-0.25, -0.2) is 4.98 Å². The summed E-state index contributed by atoms with van der Waals surface area (Å²) < 4.78 is 2.51. The van der Waals surface area contributed by atoms with Gasteiger partial charge in [-0.1, -0.05) is 177 Å². The van der Waals surface area contributed by atoms with Crippen LogP contribution in [0.4, 0.5) is 17.1 Å². The summed E-state index contributed by atoms with van der Waals surface area (Å²) in [6.45, 7) is 11.5. The van der Waals surface area contributed by atoms with Crippen molar-refractivity contribution in [3.63, 3.8) is 0 Å². The molecule has 70 heavy (non-hydrogen) atoms. The van der Waals surface area contributed by atoms with E-state index < -0.39 is 5.41 Å². The van der Waals surface area contributed by atoms with Crippen LogP contribution in [0.2, 0.25) is 0 Å². The molecule has 0 atom stereocenters. The molecule has 328 valence electrons. The van der Waals surface area contributed by atoms with Crippen LogP contribution < -0.4 is 21.3 Å². The van der Waals surface area contributed by atoms with Crippen molar-refractivity contribution in [2.24, 2.45) is 0 Å². The maximum Gasteiger partial charge on any atom is 0.252 e. The smallest absolute Gasteiger partial charge is 0.252 e. The number of hydrogen-bond acceptors (Lipinski definition) is 2. The average Bonchev–Trinajstić information content (AvgIpc) is 4.08. The second kappa shape index (κ2) is 13.1. The Kier molecular flexibility index (Phi) is 7.25. The molecule has 0 N–H and O–H groups in total. The van der Waals surface area contributed by atoms with E-state index in [2.05, 4.69) is 232 Å². The fourth-order valence-electron chi connectivity index (χ4n) is 14.7. The Balaban J connectivity index is 1.06. The third-order valence-corrected chi connectivity index (χ3v) is 17.3. The van der Waals surface area contributed by atoms with Gasteiger partial charge in [0, 0.05) is 33.4 Å². The van der Waals surface area contributed by atoms with Crippen LogP contribution in [0.1, 0.15) is 63.9 Å². The van der Waals surface area contributed by atoms with Crippen LogP contribution in [-0.4, -0.2) is 16.3 Å². The highest BCUT2D eigenvalue weighted by Gasteiger charge is 2.53. The molecule has 16 rings (SSSR count). The van der Waals surface area contributed by atoms with Crippen LogP contribution in [0.15, 0.2) is 188 Å². The van der Waals surface area contributed by atoms with Gasteiger partial charge in [0.1, 0.15) is 5.82 Å². The van der Waals surface area contributed by atoms with Gasteiger partial charge in [-0.15, -0.1) is 0 Å². The maximum absolute atomic E-state index is 5.59. The van der Waals surface area contributed by atoms with Crippen LogP contribution in [0.3, 0.4) is 0 Å². The molecule has 1 aromatic heterocycles. The van der Waals surface area contributed by atoms with E-state index in [0.717, 1.165) is 11.3 Å². The molecule has 3 nitrogen and oxygen atoms in total. The summed E-state index contributed by atoms with van der Waals surface area (Å²) in [6.07, 6.45) is 0. The predicted octanol–water partition coefficient (Wildman–Crippen LogP) is 14.0. The first-order valence-electron chi connectivity index (χ1n) is 24.9. The molecule has 0 saturated carbocycles. The summed E-state index contributed by atoms with van der Waals surface area (Å²) in [5.74, 6) is 1.01. The molecule has 0 saturated heterocycles. The molecule has 0 unspecified atom stereocenters. The summed E-state index contributed by atoms with van der Waals surface area (Å²) in [5, 5.41) is 2.52. The van der Waals surface area contributed by atoms with Gasteiger partial charge in [0.15, 0.2) is 0 Å². The van der Waals surface area contributed by atoms with Crippen LogP contribution in [0.25, 0.3) is 72.3 Å². The standard InChI is InChI=1S/C66H46BN3/c1-37-32-38(2)60(39(3)33-37)64-68-55-29-16-28-53-63(55)70(64)57-31-17-30-56-62(57)67(53)54-34-46-42-20-8-12-24-47(42)65(4,5)51(46)35-59(54)69(56)58-36-52-61(44-22-7-6-21-43(44)58)45-23-11-15-27-50(45)66(52)48-25-13-9-18-40(48)41-19-10-14-26-49(41)66/h6-36H,1-5H3. The summed E-state index contributed by atoms with van der Waals surface area (Å²) >= 11 is 0. The second-order valence-electron chi connectivity index (χ2n) is 21.1. The molecular weight excluding hydrogens is 846 g/mol. The summed E-state index contributed by atoms with van der Waals surface area (Å²) in [5.41, 5.74) is 31.4. The van der Waals surface area contributed by atoms with Gasteiger partial charge in [-0.2, -0.15) is 0 Å². The topological polar surface area (TPSA) is 21.1 Å². The van der Waals surface area contributed by atoms with Crippen LogP contribution in [0, 0.1) is 20.8 Å². The quantitative estimate of drug-likeness (QED) is 0.161. The van der Waals surface area contributed by atoms with Crippen LogP contribution in [-0.2, 0) is 10.8 Å². The number of para-hydroxylation sites is 1. The molecule has 5 aliphatic rings. The van der Waals surface area contributed by atoms with Crippen molar-refractivity contribution in [2.45, 2.75) is 45.4 Å². The molecule has 0 fully saturated rings. The van der Waals surface area contributed by atoms with Crippen LogP contribution >= 0.6 is 0 Å². The van der Waals surface area contributed by atoms with Gasteiger partial charge in [0.25, 0.3) is 6.71 Å². The molecule has 0 bridgehead atoms. The number of aromatic nitrogens is 2. The normalized spacial score (nSPS) is 15.1. The molecule has 11 aromatic rings. The first-order valence-corrected chi connectivity index (χ1v) is 24.9. The average molecular weight is 892 g/mol. The van der Waals surface area contributed by atoms with E-state index in [1.54, 1.807) is 0 Å². The minimum atomic E-state index is -0.503. The van der Waals surface area contributed by atoms with Crippen molar-refractivity contribution in [1.82, 2.24) is 9.55 Å². The molecular formula is C66H46BN3. The van der Waals surface area contributed by atoms with E-state index in [1.807, 2.05) is 0 Å². The molecule has 10 aromatic carbocycles. The number of fused-ring (bicyclic) bond motifs is 19. The number of benzene rings is 10. The molecule has 2 aliphatic heterocycles. The first-order chi connectivity index (χ1) is 34.2. The Bertz CT molecular complexity index is 4160. The SMILES string of the molecule is Cc1cc(C)c(-c2nc3cccc4c3n2-c2cccc3c2B4c2cc4c(cc2N3c2cc3c(c5ccccc25)-c2ccccc2C32c3ccccc3-c3ccccc32)C(C)(C)c2ccccc2-4)c(C)c1. The molecule has 3 heterocycles. The Labute approximate surface area is 408 Å². The van der Waals surface area contributed by atoms with Crippen molar-refractivity contribution in [3.8, 4) is 50.5 Å². The van der Waals surface area contributed by atoms with Crippen molar-refractivity contribution in [2.75, 3.05) is 4.90 Å². The molecule has 1 spiro atoms. The highest BCUT2D eigenvalue weighted by atomic mass is 15.2. The fourth-order valence-corrected chi connectivity index (χ4v) is 14.7. The second-order valence-corrected chi connectivity index (χ2v) is 21.1. The van der Waals surface area contributed by atoms with Gasteiger partial charge in [0.2, 0.25) is 0 Å². The lowest BCUT2D eigenvalue weighted by molar-refractivity contribution is 0.660. The van der Waals surface area contributed by atoms with Crippen LogP contribution in [0.5, 0.6) is 0 Å². The van der Waals surface area contributed by atoms with Crippen molar-refractivity contribution >= 4 is 62.0 Å². The van der Waals surface area contributed by atoms with Gasteiger partial charge in [-0.3, -0.25) is 4.57 Å². The molecule has 0 radical (unpaired) electrons. The van der Waals surface area contributed by atoms with Gasteiger partial charge < -0.3 is 4.90 Å². The minimum Gasteiger partial charge on any atom is -0.311 e. The minimum absolute atomic E-state index is 0.0236. The lowest BCUT2D eigenvalue weighted by Gasteiger charge is -2.42. The zero-order chi connectivity index (χ0) is 46.5. The first kappa shape index (κ1) is 38.7. The van der Waals surface area contributed by atoms with E-state index in [9.17, 15) is 0 Å². The molecule has 0 amide bonds. The number of aryl methyl sites for hydroxylation is 3.